The number of likely N-dealkylation sites (N-methyl/N-ethyl adjacent to an activating group) is 1. The third-order valence-electron chi connectivity index (χ3n) is 4.21. The summed E-state index contributed by atoms with van der Waals surface area (Å²) in [5.74, 6) is -0.338. The summed E-state index contributed by atoms with van der Waals surface area (Å²) in [7, 11) is 1.81. The van der Waals surface area contributed by atoms with Crippen LogP contribution in [0.15, 0.2) is 18.2 Å². The van der Waals surface area contributed by atoms with E-state index in [2.05, 4.69) is 5.32 Å². The summed E-state index contributed by atoms with van der Waals surface area (Å²) in [4.78, 5) is 14.0. The van der Waals surface area contributed by atoms with E-state index >= 15 is 0 Å². The zero-order valence-electron chi connectivity index (χ0n) is 12.5. The van der Waals surface area contributed by atoms with Crippen LogP contribution in [0.25, 0.3) is 0 Å². The Kier molecular flexibility index (Phi) is 5.59. The van der Waals surface area contributed by atoms with Gasteiger partial charge in [0.05, 0.1) is 6.04 Å². The first kappa shape index (κ1) is 16.2. The highest BCUT2D eigenvalue weighted by Gasteiger charge is 2.24. The first-order valence-electron chi connectivity index (χ1n) is 7.42. The van der Waals surface area contributed by atoms with Crippen molar-refractivity contribution in [1.29, 1.82) is 0 Å². The Balaban J connectivity index is 1.95. The number of hydrogen-bond acceptors (Lipinski definition) is 2. The van der Waals surface area contributed by atoms with Gasteiger partial charge in [-0.3, -0.25) is 9.69 Å². The predicted octanol–water partition coefficient (Wildman–Crippen LogP) is 3.36. The molecule has 1 saturated carbocycles. The van der Waals surface area contributed by atoms with Crippen molar-refractivity contribution in [3.05, 3.63) is 34.6 Å². The van der Waals surface area contributed by atoms with Crippen molar-refractivity contribution in [2.45, 2.75) is 51.2 Å². The molecule has 0 bridgehead atoms. The second-order valence-corrected chi connectivity index (χ2v) is 6.19. The molecule has 5 heteroatoms. The first-order valence-corrected chi connectivity index (χ1v) is 7.80. The van der Waals surface area contributed by atoms with Crippen LogP contribution in [0.1, 0.15) is 38.2 Å². The van der Waals surface area contributed by atoms with Gasteiger partial charge in [0.25, 0.3) is 0 Å². The molecule has 1 aliphatic carbocycles. The molecule has 0 aromatic heterocycles. The topological polar surface area (TPSA) is 32.3 Å². The molecule has 21 heavy (non-hydrogen) atoms. The van der Waals surface area contributed by atoms with Crippen LogP contribution in [-0.4, -0.2) is 29.9 Å². The minimum absolute atomic E-state index is 0.00291. The average molecular weight is 313 g/mol. The number of amides is 1. The molecule has 0 spiro atoms. The van der Waals surface area contributed by atoms with E-state index in [4.69, 9.17) is 11.6 Å². The standard InChI is InChI=1S/C16H22ClFN2O/c1-11(16(21)19-12-6-3-4-7-12)20(2)10-13-14(17)8-5-9-15(13)18/h5,8-9,11-12H,3-4,6-7,10H2,1-2H3,(H,19,21)/t11-/m0/s1. The second kappa shape index (κ2) is 7.23. The number of carbonyl (C=O) groups is 1. The molecule has 2 rings (SSSR count). The average Bonchev–Trinajstić information content (AvgIpc) is 2.94. The fourth-order valence-corrected chi connectivity index (χ4v) is 2.88. The van der Waals surface area contributed by atoms with Crippen molar-refractivity contribution in [3.8, 4) is 0 Å². The van der Waals surface area contributed by atoms with E-state index in [0.717, 1.165) is 12.8 Å². The minimum atomic E-state index is -0.335. The first-order chi connectivity index (χ1) is 9.99. The molecule has 1 aromatic carbocycles. The number of carbonyl (C=O) groups excluding carboxylic acids is 1. The van der Waals surface area contributed by atoms with Crippen LogP contribution >= 0.6 is 11.6 Å². The van der Waals surface area contributed by atoms with Crippen molar-refractivity contribution < 1.29 is 9.18 Å². The fourth-order valence-electron chi connectivity index (χ4n) is 2.66. The molecule has 1 N–H and O–H groups in total. The largest absolute Gasteiger partial charge is 0.352 e. The predicted molar refractivity (Wildman–Crippen MR) is 82.7 cm³/mol. The molecule has 1 aliphatic rings. The Bertz CT molecular complexity index is 483. The molecule has 1 amide bonds. The number of hydrogen-bond donors (Lipinski definition) is 1. The number of nitrogens with zero attached hydrogens (tertiary/aromatic N) is 1. The van der Waals surface area contributed by atoms with Crippen molar-refractivity contribution >= 4 is 17.5 Å². The van der Waals surface area contributed by atoms with Crippen LogP contribution in [-0.2, 0) is 11.3 Å². The summed E-state index contributed by atoms with van der Waals surface area (Å²) in [5.41, 5.74) is 0.433. The van der Waals surface area contributed by atoms with Crippen LogP contribution in [0, 0.1) is 5.82 Å². The Labute approximate surface area is 130 Å². The van der Waals surface area contributed by atoms with E-state index in [1.54, 1.807) is 12.1 Å². The third-order valence-corrected chi connectivity index (χ3v) is 4.57. The van der Waals surface area contributed by atoms with E-state index in [1.165, 1.54) is 18.9 Å². The number of benzene rings is 1. The van der Waals surface area contributed by atoms with E-state index in [0.29, 0.717) is 23.2 Å². The van der Waals surface area contributed by atoms with Gasteiger partial charge in [0.1, 0.15) is 5.82 Å². The molecule has 0 aliphatic heterocycles. The Hall–Kier alpha value is -1.13. The number of halogens is 2. The fraction of sp³-hybridized carbons (Fsp3) is 0.562. The molecule has 0 heterocycles. The van der Waals surface area contributed by atoms with E-state index in [9.17, 15) is 9.18 Å². The van der Waals surface area contributed by atoms with Crippen molar-refractivity contribution in [1.82, 2.24) is 10.2 Å². The lowest BCUT2D eigenvalue weighted by atomic mass is 10.1. The van der Waals surface area contributed by atoms with Gasteiger partial charge in [-0.15, -0.1) is 0 Å². The summed E-state index contributed by atoms with van der Waals surface area (Å²) in [6, 6.07) is 4.61. The lowest BCUT2D eigenvalue weighted by molar-refractivity contribution is -0.126. The maximum absolute atomic E-state index is 13.8. The monoisotopic (exact) mass is 312 g/mol. The normalized spacial score (nSPS) is 17.2. The maximum Gasteiger partial charge on any atom is 0.237 e. The molecule has 116 valence electrons. The summed E-state index contributed by atoms with van der Waals surface area (Å²) >= 11 is 6.03. The summed E-state index contributed by atoms with van der Waals surface area (Å²) in [5, 5.41) is 3.46. The van der Waals surface area contributed by atoms with Crippen LogP contribution in [0.4, 0.5) is 4.39 Å². The van der Waals surface area contributed by atoms with E-state index in [1.807, 2.05) is 18.9 Å². The van der Waals surface area contributed by atoms with Gasteiger partial charge in [-0.2, -0.15) is 0 Å². The van der Waals surface area contributed by atoms with Gasteiger partial charge in [0, 0.05) is 23.2 Å². The summed E-state index contributed by atoms with van der Waals surface area (Å²) < 4.78 is 13.8. The van der Waals surface area contributed by atoms with Crippen molar-refractivity contribution in [2.75, 3.05) is 7.05 Å². The van der Waals surface area contributed by atoms with Crippen LogP contribution in [0.5, 0.6) is 0 Å². The quantitative estimate of drug-likeness (QED) is 0.904. The minimum Gasteiger partial charge on any atom is -0.352 e. The third kappa shape index (κ3) is 4.17. The van der Waals surface area contributed by atoms with Gasteiger partial charge >= 0.3 is 0 Å². The van der Waals surface area contributed by atoms with Gasteiger partial charge in [-0.25, -0.2) is 4.39 Å². The number of rotatable bonds is 5. The van der Waals surface area contributed by atoms with Crippen molar-refractivity contribution in [3.63, 3.8) is 0 Å². The lowest BCUT2D eigenvalue weighted by Crippen LogP contribution is -2.46. The van der Waals surface area contributed by atoms with Crippen LogP contribution in [0.3, 0.4) is 0 Å². The zero-order chi connectivity index (χ0) is 15.4. The molecule has 1 atom stereocenters. The highest BCUT2D eigenvalue weighted by Crippen LogP contribution is 2.21. The van der Waals surface area contributed by atoms with Gasteiger partial charge in [0.15, 0.2) is 0 Å². The van der Waals surface area contributed by atoms with Crippen molar-refractivity contribution in [2.24, 2.45) is 0 Å². The van der Waals surface area contributed by atoms with Gasteiger partial charge in [-0.1, -0.05) is 30.5 Å². The highest BCUT2D eigenvalue weighted by atomic mass is 35.5. The van der Waals surface area contributed by atoms with Crippen LogP contribution in [0.2, 0.25) is 5.02 Å². The molecule has 0 unspecified atom stereocenters. The smallest absolute Gasteiger partial charge is 0.237 e. The van der Waals surface area contributed by atoms with Crippen LogP contribution < -0.4 is 5.32 Å². The highest BCUT2D eigenvalue weighted by molar-refractivity contribution is 6.31. The molecular weight excluding hydrogens is 291 g/mol. The zero-order valence-corrected chi connectivity index (χ0v) is 13.3. The summed E-state index contributed by atoms with van der Waals surface area (Å²) in [6.45, 7) is 2.14. The van der Waals surface area contributed by atoms with Gasteiger partial charge in [0.2, 0.25) is 5.91 Å². The lowest BCUT2D eigenvalue weighted by Gasteiger charge is -2.26. The Morgan fingerprint density at radius 2 is 2.14 bits per heavy atom. The second-order valence-electron chi connectivity index (χ2n) is 5.78. The molecule has 0 radical (unpaired) electrons. The Morgan fingerprint density at radius 3 is 2.76 bits per heavy atom. The molecule has 3 nitrogen and oxygen atoms in total. The van der Waals surface area contributed by atoms with E-state index < -0.39 is 0 Å². The molecule has 0 saturated heterocycles. The molecule has 1 fully saturated rings. The summed E-state index contributed by atoms with van der Waals surface area (Å²) in [6.07, 6.45) is 4.47. The molecule has 1 aromatic rings. The van der Waals surface area contributed by atoms with E-state index in [-0.39, 0.29) is 17.8 Å². The SMILES string of the molecule is C[C@@H](C(=O)NC1CCCC1)N(C)Cc1c(F)cccc1Cl. The number of nitrogens with one attached hydrogen (secondary N) is 1. The Morgan fingerprint density at radius 1 is 1.48 bits per heavy atom. The molecular formula is C16H22ClFN2O. The van der Waals surface area contributed by atoms with Gasteiger partial charge < -0.3 is 5.32 Å². The van der Waals surface area contributed by atoms with Gasteiger partial charge in [-0.05, 0) is 38.9 Å². The maximum atomic E-state index is 13.8.